The minimum atomic E-state index is 0.914. The van der Waals surface area contributed by atoms with Gasteiger partial charge in [-0.15, -0.1) is 0 Å². The number of nitrogens with one attached hydrogen (secondary N) is 1. The van der Waals surface area contributed by atoms with Crippen LogP contribution in [-0.4, -0.2) is 9.97 Å². The van der Waals surface area contributed by atoms with Gasteiger partial charge in [-0.25, -0.2) is 4.98 Å². The van der Waals surface area contributed by atoms with Gasteiger partial charge in [0.05, 0.1) is 11.9 Å². The molecule has 1 N–H and O–H groups in total. The maximum absolute atomic E-state index is 4.45. The molecule has 18 heavy (non-hydrogen) atoms. The Balaban J connectivity index is 2.00. The second-order valence-electron chi connectivity index (χ2n) is 4.38. The highest BCUT2D eigenvalue weighted by Gasteiger charge is 2.04. The monoisotopic (exact) mass is 234 g/mol. The lowest BCUT2D eigenvalue weighted by Crippen LogP contribution is -1.82. The van der Waals surface area contributed by atoms with E-state index in [9.17, 15) is 0 Å². The van der Waals surface area contributed by atoms with E-state index >= 15 is 0 Å². The third-order valence-corrected chi connectivity index (χ3v) is 2.95. The van der Waals surface area contributed by atoms with E-state index in [0.717, 1.165) is 22.6 Å². The van der Waals surface area contributed by atoms with Crippen LogP contribution in [-0.2, 0) is 0 Å². The Morgan fingerprint density at radius 1 is 0.889 bits per heavy atom. The topological polar surface area (TPSA) is 28.7 Å². The van der Waals surface area contributed by atoms with Crippen LogP contribution in [0.5, 0.6) is 0 Å². The molecule has 0 saturated heterocycles. The Morgan fingerprint density at radius 3 is 2.44 bits per heavy atom. The minimum absolute atomic E-state index is 0.914. The minimum Gasteiger partial charge on any atom is -0.338 e. The van der Waals surface area contributed by atoms with Crippen molar-refractivity contribution in [1.82, 2.24) is 9.97 Å². The molecule has 0 saturated carbocycles. The standard InChI is InChI=1S/C16H14N2/c1-12-6-5-9-14(10-12)16-17-11-15(18-16)13-7-3-2-4-8-13/h2-11H,1H3,(H,17,18). The van der Waals surface area contributed by atoms with Gasteiger partial charge in [-0.2, -0.15) is 0 Å². The van der Waals surface area contributed by atoms with Crippen molar-refractivity contribution >= 4 is 0 Å². The van der Waals surface area contributed by atoms with Crippen LogP contribution in [0.3, 0.4) is 0 Å². The van der Waals surface area contributed by atoms with Crippen LogP contribution in [0, 0.1) is 6.92 Å². The first-order valence-corrected chi connectivity index (χ1v) is 6.00. The first kappa shape index (κ1) is 10.8. The van der Waals surface area contributed by atoms with Crippen molar-refractivity contribution in [3.8, 4) is 22.6 Å². The van der Waals surface area contributed by atoms with E-state index in [0.29, 0.717) is 0 Å². The van der Waals surface area contributed by atoms with Crippen LogP contribution >= 0.6 is 0 Å². The third kappa shape index (κ3) is 2.05. The van der Waals surface area contributed by atoms with Gasteiger partial charge in [-0.05, 0) is 18.6 Å². The van der Waals surface area contributed by atoms with Crippen LogP contribution in [0.25, 0.3) is 22.6 Å². The first-order valence-electron chi connectivity index (χ1n) is 6.00. The zero-order chi connectivity index (χ0) is 12.4. The molecular weight excluding hydrogens is 220 g/mol. The Labute approximate surface area is 106 Å². The van der Waals surface area contributed by atoms with E-state index in [1.807, 2.05) is 24.4 Å². The van der Waals surface area contributed by atoms with Gasteiger partial charge in [-0.3, -0.25) is 0 Å². The molecule has 0 atom stereocenters. The van der Waals surface area contributed by atoms with Crippen LogP contribution in [0.2, 0.25) is 0 Å². The van der Waals surface area contributed by atoms with Crippen molar-refractivity contribution in [2.45, 2.75) is 6.92 Å². The van der Waals surface area contributed by atoms with Crippen molar-refractivity contribution in [1.29, 1.82) is 0 Å². The van der Waals surface area contributed by atoms with E-state index in [1.54, 1.807) is 0 Å². The predicted molar refractivity (Wildman–Crippen MR) is 74.2 cm³/mol. The Morgan fingerprint density at radius 2 is 1.67 bits per heavy atom. The van der Waals surface area contributed by atoms with Crippen LogP contribution < -0.4 is 0 Å². The summed E-state index contributed by atoms with van der Waals surface area (Å²) in [6.45, 7) is 2.09. The van der Waals surface area contributed by atoms with Gasteiger partial charge in [0, 0.05) is 5.56 Å². The molecule has 0 fully saturated rings. The highest BCUT2D eigenvalue weighted by atomic mass is 14.9. The quantitative estimate of drug-likeness (QED) is 0.712. The molecule has 0 unspecified atom stereocenters. The molecule has 0 radical (unpaired) electrons. The fourth-order valence-corrected chi connectivity index (χ4v) is 2.02. The fourth-order valence-electron chi connectivity index (χ4n) is 2.02. The molecule has 3 rings (SSSR count). The lowest BCUT2D eigenvalue weighted by atomic mass is 10.1. The normalized spacial score (nSPS) is 10.5. The van der Waals surface area contributed by atoms with Crippen LogP contribution in [0.15, 0.2) is 60.8 Å². The maximum Gasteiger partial charge on any atom is 0.137 e. The fraction of sp³-hybridized carbons (Fsp3) is 0.0625. The molecule has 0 aliphatic carbocycles. The molecule has 1 heterocycles. The molecule has 0 bridgehead atoms. The zero-order valence-corrected chi connectivity index (χ0v) is 10.2. The maximum atomic E-state index is 4.45. The summed E-state index contributed by atoms with van der Waals surface area (Å²) in [5, 5.41) is 0. The van der Waals surface area contributed by atoms with Crippen molar-refractivity contribution < 1.29 is 0 Å². The molecule has 2 heteroatoms. The SMILES string of the molecule is Cc1cccc(-c2ncc(-c3ccccc3)[nH]2)c1. The zero-order valence-electron chi connectivity index (χ0n) is 10.2. The summed E-state index contributed by atoms with van der Waals surface area (Å²) in [5.74, 6) is 0.914. The molecule has 2 nitrogen and oxygen atoms in total. The second-order valence-corrected chi connectivity index (χ2v) is 4.38. The number of H-pyrrole nitrogens is 1. The van der Waals surface area contributed by atoms with Crippen molar-refractivity contribution in [2.24, 2.45) is 0 Å². The number of aromatic amines is 1. The predicted octanol–water partition coefficient (Wildman–Crippen LogP) is 4.05. The Bertz CT molecular complexity index is 654. The molecule has 0 spiro atoms. The highest BCUT2D eigenvalue weighted by molar-refractivity contribution is 5.64. The van der Waals surface area contributed by atoms with E-state index in [2.05, 4.69) is 53.3 Å². The molecule has 1 aromatic heterocycles. The Hall–Kier alpha value is -2.35. The number of aromatic nitrogens is 2. The summed E-state index contributed by atoms with van der Waals surface area (Å²) >= 11 is 0. The molecule has 2 aromatic carbocycles. The number of benzene rings is 2. The van der Waals surface area contributed by atoms with E-state index in [1.165, 1.54) is 5.56 Å². The number of hydrogen-bond acceptors (Lipinski definition) is 1. The summed E-state index contributed by atoms with van der Waals surface area (Å²) in [7, 11) is 0. The average molecular weight is 234 g/mol. The smallest absolute Gasteiger partial charge is 0.137 e. The molecule has 3 aromatic rings. The van der Waals surface area contributed by atoms with Gasteiger partial charge in [0.15, 0.2) is 0 Å². The number of nitrogens with zero attached hydrogens (tertiary/aromatic N) is 1. The summed E-state index contributed by atoms with van der Waals surface area (Å²) in [6.07, 6.45) is 1.88. The van der Waals surface area contributed by atoms with Gasteiger partial charge in [0.1, 0.15) is 5.82 Å². The Kier molecular flexibility index (Phi) is 2.69. The summed E-state index contributed by atoms with van der Waals surface area (Å²) < 4.78 is 0. The van der Waals surface area contributed by atoms with Gasteiger partial charge in [0.2, 0.25) is 0 Å². The van der Waals surface area contributed by atoms with Gasteiger partial charge in [-0.1, -0.05) is 54.1 Å². The van der Waals surface area contributed by atoms with E-state index in [4.69, 9.17) is 0 Å². The van der Waals surface area contributed by atoms with Gasteiger partial charge < -0.3 is 4.98 Å². The third-order valence-electron chi connectivity index (χ3n) is 2.95. The molecule has 0 aliphatic heterocycles. The van der Waals surface area contributed by atoms with E-state index < -0.39 is 0 Å². The van der Waals surface area contributed by atoms with Gasteiger partial charge in [0.25, 0.3) is 0 Å². The van der Waals surface area contributed by atoms with Crippen molar-refractivity contribution in [3.05, 3.63) is 66.4 Å². The highest BCUT2D eigenvalue weighted by Crippen LogP contribution is 2.22. The van der Waals surface area contributed by atoms with E-state index in [-0.39, 0.29) is 0 Å². The van der Waals surface area contributed by atoms with Crippen molar-refractivity contribution in [3.63, 3.8) is 0 Å². The second kappa shape index (κ2) is 4.49. The lowest BCUT2D eigenvalue weighted by molar-refractivity contribution is 1.30. The van der Waals surface area contributed by atoms with Crippen LogP contribution in [0.1, 0.15) is 5.56 Å². The molecule has 0 amide bonds. The van der Waals surface area contributed by atoms with Crippen molar-refractivity contribution in [2.75, 3.05) is 0 Å². The van der Waals surface area contributed by atoms with Gasteiger partial charge >= 0.3 is 0 Å². The summed E-state index contributed by atoms with van der Waals surface area (Å²) in [4.78, 5) is 7.81. The molecular formula is C16H14N2. The number of rotatable bonds is 2. The first-order chi connectivity index (χ1) is 8.83. The molecule has 0 aliphatic rings. The largest absolute Gasteiger partial charge is 0.338 e. The lowest BCUT2D eigenvalue weighted by Gasteiger charge is -1.99. The van der Waals surface area contributed by atoms with Crippen LogP contribution in [0.4, 0.5) is 0 Å². The number of imidazole rings is 1. The summed E-state index contributed by atoms with van der Waals surface area (Å²) in [5.41, 5.74) is 4.57. The summed E-state index contributed by atoms with van der Waals surface area (Å²) in [6, 6.07) is 18.6. The number of aryl methyl sites for hydroxylation is 1. The number of hydrogen-bond donors (Lipinski definition) is 1. The average Bonchev–Trinajstić information content (AvgIpc) is 2.89. The molecule has 88 valence electrons.